The molecule has 0 amide bonds. The molecule has 6 atom stereocenters. The number of hydrogen-bond acceptors (Lipinski definition) is 10. The number of allylic oxidation sites excluding steroid dienone is 4. The molecule has 6 unspecified atom stereocenters. The van der Waals surface area contributed by atoms with E-state index in [1.807, 2.05) is 0 Å². The van der Waals surface area contributed by atoms with Crippen LogP contribution in [0.4, 0.5) is 0 Å². The minimum absolute atomic E-state index is 0.217. The monoisotopic (exact) mass is 867 g/mol. The summed E-state index contributed by atoms with van der Waals surface area (Å²) >= 11 is 0. The van der Waals surface area contributed by atoms with Crippen LogP contribution in [-0.2, 0) is 28.5 Å². The van der Waals surface area contributed by atoms with Crippen LogP contribution in [0, 0.1) is 0 Å². The summed E-state index contributed by atoms with van der Waals surface area (Å²) in [5.41, 5.74) is 0. The van der Waals surface area contributed by atoms with Crippen molar-refractivity contribution in [3.63, 3.8) is 0 Å². The van der Waals surface area contributed by atoms with E-state index < -0.39 is 49.4 Å². The Bertz CT molecular complexity index is 1050. The molecule has 1 rings (SSSR count). The molecular formula is C51H94O10. The van der Waals surface area contributed by atoms with Crippen molar-refractivity contribution >= 4 is 11.9 Å². The molecule has 0 aliphatic carbocycles. The maximum Gasteiger partial charge on any atom is 0.306 e. The van der Waals surface area contributed by atoms with Crippen molar-refractivity contribution in [1.29, 1.82) is 0 Å². The third-order valence-electron chi connectivity index (χ3n) is 11.8. The molecule has 0 radical (unpaired) electrons. The molecular weight excluding hydrogens is 773 g/mol. The van der Waals surface area contributed by atoms with Gasteiger partial charge in [-0.3, -0.25) is 9.59 Å². The smallest absolute Gasteiger partial charge is 0.306 e. The van der Waals surface area contributed by atoms with Gasteiger partial charge in [0.15, 0.2) is 12.4 Å². The van der Waals surface area contributed by atoms with E-state index in [4.69, 9.17) is 18.9 Å². The van der Waals surface area contributed by atoms with Crippen LogP contribution in [0.5, 0.6) is 0 Å². The Kier molecular flexibility index (Phi) is 39.5. The first-order chi connectivity index (χ1) is 29.8. The van der Waals surface area contributed by atoms with Gasteiger partial charge in [0.2, 0.25) is 0 Å². The normalized spacial score (nSPS) is 19.9. The lowest BCUT2D eigenvalue weighted by molar-refractivity contribution is -0.305. The minimum atomic E-state index is -1.59. The van der Waals surface area contributed by atoms with E-state index in [1.54, 1.807) is 0 Å². The molecule has 358 valence electrons. The van der Waals surface area contributed by atoms with Gasteiger partial charge >= 0.3 is 11.9 Å². The number of ether oxygens (including phenoxy) is 4. The fourth-order valence-corrected chi connectivity index (χ4v) is 7.77. The Balaban J connectivity index is 2.27. The highest BCUT2D eigenvalue weighted by molar-refractivity contribution is 5.70. The van der Waals surface area contributed by atoms with Crippen molar-refractivity contribution < 1.29 is 49.0 Å². The van der Waals surface area contributed by atoms with Crippen LogP contribution in [0.2, 0.25) is 0 Å². The Morgan fingerprint density at radius 1 is 0.492 bits per heavy atom. The van der Waals surface area contributed by atoms with Crippen molar-refractivity contribution in [2.24, 2.45) is 0 Å². The molecule has 0 aromatic heterocycles. The van der Waals surface area contributed by atoms with E-state index in [-0.39, 0.29) is 32.0 Å². The summed E-state index contributed by atoms with van der Waals surface area (Å²) in [5, 5.41) is 40.2. The molecule has 10 nitrogen and oxygen atoms in total. The van der Waals surface area contributed by atoms with E-state index in [0.29, 0.717) is 6.42 Å². The number of aliphatic hydroxyl groups is 4. The second-order valence-electron chi connectivity index (χ2n) is 17.6. The summed E-state index contributed by atoms with van der Waals surface area (Å²) in [6.45, 7) is 3.44. The van der Waals surface area contributed by atoms with Crippen molar-refractivity contribution in [3.05, 3.63) is 24.3 Å². The Labute approximate surface area is 373 Å². The largest absolute Gasteiger partial charge is 0.462 e. The van der Waals surface area contributed by atoms with Crippen LogP contribution in [-0.4, -0.2) is 89.0 Å². The summed E-state index contributed by atoms with van der Waals surface area (Å²) in [7, 11) is 0. The SMILES string of the molecule is CCCCCCCC/C=C\CCCCCCCCCCCC(=O)OC(COC(=O)CCCCCCCCC/C=C\CCCCCCCC)COC1OC(CO)C(O)C(O)C1O. The zero-order chi connectivity index (χ0) is 44.4. The van der Waals surface area contributed by atoms with Crippen molar-refractivity contribution in [2.45, 2.75) is 269 Å². The van der Waals surface area contributed by atoms with Crippen LogP contribution in [0.3, 0.4) is 0 Å². The van der Waals surface area contributed by atoms with E-state index in [2.05, 4.69) is 38.2 Å². The average Bonchev–Trinajstić information content (AvgIpc) is 3.26. The fraction of sp³-hybridized carbons (Fsp3) is 0.882. The lowest BCUT2D eigenvalue weighted by Gasteiger charge is -2.39. The second kappa shape index (κ2) is 42.1. The maximum absolute atomic E-state index is 12.8. The molecule has 61 heavy (non-hydrogen) atoms. The van der Waals surface area contributed by atoms with Crippen molar-refractivity contribution in [2.75, 3.05) is 19.8 Å². The molecule has 0 aromatic carbocycles. The van der Waals surface area contributed by atoms with E-state index in [9.17, 15) is 30.0 Å². The molecule has 0 saturated carbocycles. The standard InChI is InChI=1S/C51H94O10/c1-3-5-7-9-11-13-15-17-19-21-22-24-26-28-30-32-34-36-38-40-47(54)60-44(43-59-51-50(57)49(56)48(55)45(41-52)61-51)42-58-46(53)39-37-35-33-31-29-27-25-23-20-18-16-14-12-10-8-6-4-2/h17-20,44-45,48-52,55-57H,3-16,21-43H2,1-2H3/b19-17-,20-18-. The minimum Gasteiger partial charge on any atom is -0.462 e. The number of unbranched alkanes of at least 4 members (excludes halogenated alkanes) is 28. The highest BCUT2D eigenvalue weighted by atomic mass is 16.7. The Morgan fingerprint density at radius 2 is 0.869 bits per heavy atom. The summed E-state index contributed by atoms with van der Waals surface area (Å²) < 4.78 is 22.2. The van der Waals surface area contributed by atoms with Gasteiger partial charge in [0.05, 0.1) is 13.2 Å². The molecule has 1 aliphatic rings. The lowest BCUT2D eigenvalue weighted by atomic mass is 9.99. The molecule has 1 aliphatic heterocycles. The van der Waals surface area contributed by atoms with Crippen LogP contribution in [0.15, 0.2) is 24.3 Å². The zero-order valence-electron chi connectivity index (χ0n) is 39.2. The molecule has 1 fully saturated rings. The topological polar surface area (TPSA) is 152 Å². The average molecular weight is 867 g/mol. The van der Waals surface area contributed by atoms with Gasteiger partial charge in [-0.2, -0.15) is 0 Å². The second-order valence-corrected chi connectivity index (χ2v) is 17.6. The molecule has 1 heterocycles. The molecule has 0 bridgehead atoms. The van der Waals surface area contributed by atoms with E-state index in [0.717, 1.165) is 51.4 Å². The lowest BCUT2D eigenvalue weighted by Crippen LogP contribution is -2.59. The van der Waals surface area contributed by atoms with Gasteiger partial charge in [-0.1, -0.05) is 179 Å². The van der Waals surface area contributed by atoms with Gasteiger partial charge in [0, 0.05) is 12.8 Å². The Morgan fingerprint density at radius 3 is 1.28 bits per heavy atom. The highest BCUT2D eigenvalue weighted by Crippen LogP contribution is 2.23. The van der Waals surface area contributed by atoms with Gasteiger partial charge in [0.1, 0.15) is 31.0 Å². The highest BCUT2D eigenvalue weighted by Gasteiger charge is 2.44. The van der Waals surface area contributed by atoms with Gasteiger partial charge < -0.3 is 39.4 Å². The summed E-state index contributed by atoms with van der Waals surface area (Å²) in [6.07, 6.45) is 40.4. The number of carbonyl (C=O) groups excluding carboxylic acids is 2. The molecule has 1 saturated heterocycles. The molecule has 0 spiro atoms. The van der Waals surface area contributed by atoms with Gasteiger partial charge in [-0.15, -0.1) is 0 Å². The third kappa shape index (κ3) is 33.4. The van der Waals surface area contributed by atoms with Crippen LogP contribution < -0.4 is 0 Å². The summed E-state index contributed by atoms with van der Waals surface area (Å²) in [4.78, 5) is 25.4. The summed E-state index contributed by atoms with van der Waals surface area (Å²) in [6, 6.07) is 0. The quantitative estimate of drug-likeness (QED) is 0.0265. The van der Waals surface area contributed by atoms with Gasteiger partial charge in [-0.05, 0) is 64.2 Å². The zero-order valence-corrected chi connectivity index (χ0v) is 39.2. The number of carbonyl (C=O) groups is 2. The summed E-state index contributed by atoms with van der Waals surface area (Å²) in [5.74, 6) is -0.805. The molecule has 0 aromatic rings. The first-order valence-electron chi connectivity index (χ1n) is 25.4. The Hall–Kier alpha value is -1.82. The number of esters is 2. The third-order valence-corrected chi connectivity index (χ3v) is 11.8. The maximum atomic E-state index is 12.8. The predicted molar refractivity (Wildman–Crippen MR) is 247 cm³/mol. The fourth-order valence-electron chi connectivity index (χ4n) is 7.77. The van der Waals surface area contributed by atoms with Crippen molar-refractivity contribution in [3.8, 4) is 0 Å². The first kappa shape index (κ1) is 57.2. The van der Waals surface area contributed by atoms with Crippen molar-refractivity contribution in [1.82, 2.24) is 0 Å². The van der Waals surface area contributed by atoms with Crippen LogP contribution in [0.25, 0.3) is 0 Å². The number of aliphatic hydroxyl groups excluding tert-OH is 4. The van der Waals surface area contributed by atoms with Crippen LogP contribution >= 0.6 is 0 Å². The first-order valence-corrected chi connectivity index (χ1v) is 25.4. The number of hydrogen-bond donors (Lipinski definition) is 4. The predicted octanol–water partition coefficient (Wildman–Crippen LogP) is 11.7. The van der Waals surface area contributed by atoms with E-state index in [1.165, 1.54) is 148 Å². The number of rotatable bonds is 43. The molecule has 4 N–H and O–H groups in total. The van der Waals surface area contributed by atoms with Gasteiger partial charge in [-0.25, -0.2) is 0 Å². The molecule has 10 heteroatoms. The van der Waals surface area contributed by atoms with E-state index >= 15 is 0 Å². The van der Waals surface area contributed by atoms with Gasteiger partial charge in [0.25, 0.3) is 0 Å². The van der Waals surface area contributed by atoms with Crippen LogP contribution in [0.1, 0.15) is 232 Å².